The molecule has 1 aliphatic rings. The van der Waals surface area contributed by atoms with Crippen LogP contribution in [0.25, 0.3) is 0 Å². The molecule has 0 amide bonds. The quantitative estimate of drug-likeness (QED) is 0.652. The molecule has 0 radical (unpaired) electrons. The highest BCUT2D eigenvalue weighted by molar-refractivity contribution is 5.67. The van der Waals surface area contributed by atoms with Crippen LogP contribution in [0.15, 0.2) is 40.6 Å². The van der Waals surface area contributed by atoms with Crippen LogP contribution in [0.3, 0.4) is 0 Å². The molecule has 1 aromatic heterocycles. The number of hydrogen-bond acceptors (Lipinski definition) is 6. The van der Waals surface area contributed by atoms with Gasteiger partial charge < -0.3 is 14.8 Å². The molecule has 7 nitrogen and oxygen atoms in total. The lowest BCUT2D eigenvalue weighted by molar-refractivity contribution is 0.253. The number of anilines is 2. The summed E-state index contributed by atoms with van der Waals surface area (Å²) in [7, 11) is 6.57. The maximum atomic E-state index is 12.8. The molecule has 0 atom stereocenters. The Morgan fingerprint density at radius 3 is 2.80 bits per heavy atom. The zero-order valence-corrected chi connectivity index (χ0v) is 15.1. The zero-order chi connectivity index (χ0) is 18.4. The molecule has 0 bridgehead atoms. The minimum atomic E-state index is -0.269. The summed E-state index contributed by atoms with van der Waals surface area (Å²) in [6, 6.07) is 2.99. The Labute approximate surface area is 147 Å². The maximum absolute atomic E-state index is 12.8. The van der Waals surface area contributed by atoms with Gasteiger partial charge >= 0.3 is 6.01 Å². The third-order valence-electron chi connectivity index (χ3n) is 3.56. The summed E-state index contributed by atoms with van der Waals surface area (Å²) in [5.74, 6) is 4.22. The second-order valence-corrected chi connectivity index (χ2v) is 5.20. The van der Waals surface area contributed by atoms with Gasteiger partial charge in [-0.3, -0.25) is 14.3 Å². The van der Waals surface area contributed by atoms with Gasteiger partial charge in [0.05, 0.1) is 7.11 Å². The number of aromatic nitrogens is 2. The topological polar surface area (TPSA) is 68.6 Å². The van der Waals surface area contributed by atoms with E-state index in [1.807, 2.05) is 18.2 Å². The van der Waals surface area contributed by atoms with Crippen molar-refractivity contribution < 1.29 is 9.47 Å². The van der Waals surface area contributed by atoms with E-state index in [-0.39, 0.29) is 11.6 Å². The van der Waals surface area contributed by atoms with E-state index in [4.69, 9.17) is 9.47 Å². The summed E-state index contributed by atoms with van der Waals surface area (Å²) in [5.41, 5.74) is 0.0839. The number of rotatable bonds is 5. The lowest BCUT2D eigenvalue weighted by Gasteiger charge is -2.19. The highest BCUT2D eigenvalue weighted by Crippen LogP contribution is 2.24. The summed E-state index contributed by atoms with van der Waals surface area (Å²) >= 11 is 0. The molecule has 7 heteroatoms. The molecule has 0 saturated carbocycles. The second kappa shape index (κ2) is 8.11. The predicted molar refractivity (Wildman–Crippen MR) is 98.4 cm³/mol. The monoisotopic (exact) mass is 342 g/mol. The van der Waals surface area contributed by atoms with Gasteiger partial charge in [-0.1, -0.05) is 18.1 Å². The predicted octanol–water partition coefficient (Wildman–Crippen LogP) is 1.99. The van der Waals surface area contributed by atoms with Crippen molar-refractivity contribution in [3.05, 3.63) is 46.2 Å². The SMILES string of the molecule is CC#CN(C)c1c(NC)nc(OC2=CCC=CC=C2OC)n(C)c1=O. The van der Waals surface area contributed by atoms with E-state index in [1.165, 1.54) is 4.57 Å². The second-order valence-electron chi connectivity index (χ2n) is 5.20. The molecule has 0 aromatic carbocycles. The van der Waals surface area contributed by atoms with E-state index >= 15 is 0 Å². The Morgan fingerprint density at radius 2 is 2.16 bits per heavy atom. The summed E-state index contributed by atoms with van der Waals surface area (Å²) in [4.78, 5) is 18.7. The van der Waals surface area contributed by atoms with Crippen molar-refractivity contribution >= 4 is 11.5 Å². The first-order valence-electron chi connectivity index (χ1n) is 7.77. The number of methoxy groups -OCH3 is 1. The number of nitrogens with zero attached hydrogens (tertiary/aromatic N) is 3. The average Bonchev–Trinajstić information content (AvgIpc) is 2.83. The normalized spacial score (nSPS) is 13.0. The Balaban J connectivity index is 2.49. The third-order valence-corrected chi connectivity index (χ3v) is 3.56. The minimum absolute atomic E-state index is 0.159. The Bertz CT molecular complexity index is 854. The molecular weight excluding hydrogens is 320 g/mol. The first-order valence-corrected chi connectivity index (χ1v) is 7.77. The van der Waals surface area contributed by atoms with E-state index in [0.717, 1.165) is 0 Å². The van der Waals surface area contributed by atoms with Crippen molar-refractivity contribution in [2.75, 3.05) is 31.4 Å². The van der Waals surface area contributed by atoms with Gasteiger partial charge in [0.2, 0.25) is 0 Å². The lowest BCUT2D eigenvalue weighted by atomic mass is 10.3. The van der Waals surface area contributed by atoms with Crippen LogP contribution in [0.5, 0.6) is 6.01 Å². The van der Waals surface area contributed by atoms with Crippen LogP contribution < -0.4 is 20.5 Å². The molecule has 1 aromatic rings. The first kappa shape index (κ1) is 18.2. The highest BCUT2D eigenvalue weighted by atomic mass is 16.5. The Kier molecular flexibility index (Phi) is 5.90. The molecule has 0 saturated heterocycles. The molecule has 1 aliphatic carbocycles. The van der Waals surface area contributed by atoms with Gasteiger partial charge in [0, 0.05) is 27.2 Å². The molecule has 2 rings (SSSR count). The maximum Gasteiger partial charge on any atom is 0.306 e. The van der Waals surface area contributed by atoms with Crippen LogP contribution >= 0.6 is 0 Å². The van der Waals surface area contributed by atoms with Crippen molar-refractivity contribution in [2.45, 2.75) is 13.3 Å². The summed E-state index contributed by atoms with van der Waals surface area (Å²) in [5, 5.41) is 2.93. The van der Waals surface area contributed by atoms with Gasteiger partial charge in [0.15, 0.2) is 23.0 Å². The molecular formula is C18H22N4O3. The van der Waals surface area contributed by atoms with Gasteiger partial charge in [-0.25, -0.2) is 0 Å². The summed E-state index contributed by atoms with van der Waals surface area (Å²) < 4.78 is 12.6. The van der Waals surface area contributed by atoms with Gasteiger partial charge in [0.1, 0.15) is 0 Å². The molecule has 1 N–H and O–H groups in total. The van der Waals surface area contributed by atoms with Crippen molar-refractivity contribution in [1.82, 2.24) is 9.55 Å². The van der Waals surface area contributed by atoms with E-state index in [1.54, 1.807) is 46.2 Å². The fourth-order valence-corrected chi connectivity index (χ4v) is 2.31. The molecule has 132 valence electrons. The van der Waals surface area contributed by atoms with E-state index in [9.17, 15) is 4.79 Å². The van der Waals surface area contributed by atoms with Crippen molar-refractivity contribution in [1.29, 1.82) is 0 Å². The standard InChI is InChI=1S/C18H22N4O3/c1-6-12-21(3)15-16(19-2)20-18(22(4)17(15)23)25-14-11-9-7-8-10-13(14)24-5/h7-8,10-11,19H,9H2,1-5H3. The van der Waals surface area contributed by atoms with Crippen LogP contribution in [-0.2, 0) is 11.8 Å². The van der Waals surface area contributed by atoms with Crippen molar-refractivity contribution in [2.24, 2.45) is 7.05 Å². The highest BCUT2D eigenvalue weighted by Gasteiger charge is 2.20. The Morgan fingerprint density at radius 1 is 1.40 bits per heavy atom. The number of nitrogens with one attached hydrogen (secondary N) is 1. The lowest BCUT2D eigenvalue weighted by Crippen LogP contribution is -2.29. The van der Waals surface area contributed by atoms with Crippen LogP contribution in [-0.4, -0.2) is 30.8 Å². The van der Waals surface area contributed by atoms with Crippen molar-refractivity contribution in [3.8, 4) is 18.0 Å². The largest absolute Gasteiger partial charge is 0.493 e. The summed E-state index contributed by atoms with van der Waals surface area (Å²) in [6.45, 7) is 1.70. The van der Waals surface area contributed by atoms with Crippen LogP contribution in [0.1, 0.15) is 13.3 Å². The Hall–Kier alpha value is -3.14. The van der Waals surface area contributed by atoms with Crippen LogP contribution in [0.2, 0.25) is 0 Å². The van der Waals surface area contributed by atoms with Crippen LogP contribution in [0.4, 0.5) is 11.5 Å². The first-order chi connectivity index (χ1) is 12.0. The zero-order valence-electron chi connectivity index (χ0n) is 15.1. The average molecular weight is 342 g/mol. The fourth-order valence-electron chi connectivity index (χ4n) is 2.31. The smallest absolute Gasteiger partial charge is 0.306 e. The van der Waals surface area contributed by atoms with E-state index in [0.29, 0.717) is 29.4 Å². The molecule has 1 heterocycles. The van der Waals surface area contributed by atoms with Gasteiger partial charge in [-0.2, -0.15) is 4.98 Å². The molecule has 0 aliphatic heterocycles. The van der Waals surface area contributed by atoms with Crippen LogP contribution in [0, 0.1) is 12.0 Å². The number of ether oxygens (including phenoxy) is 2. The molecule has 0 fully saturated rings. The number of hydrogen-bond donors (Lipinski definition) is 1. The number of allylic oxidation sites excluding steroid dienone is 4. The fraction of sp³-hybridized carbons (Fsp3) is 0.333. The molecule has 0 unspecified atom stereocenters. The third kappa shape index (κ3) is 3.86. The van der Waals surface area contributed by atoms with Gasteiger partial charge in [-0.15, -0.1) is 0 Å². The van der Waals surface area contributed by atoms with E-state index in [2.05, 4.69) is 22.3 Å². The van der Waals surface area contributed by atoms with Crippen molar-refractivity contribution in [3.63, 3.8) is 0 Å². The van der Waals surface area contributed by atoms with Gasteiger partial charge in [-0.05, 0) is 25.5 Å². The minimum Gasteiger partial charge on any atom is -0.493 e. The summed E-state index contributed by atoms with van der Waals surface area (Å²) in [6.07, 6.45) is 8.22. The van der Waals surface area contributed by atoms with Gasteiger partial charge in [0.25, 0.3) is 5.56 Å². The molecule has 25 heavy (non-hydrogen) atoms. The van der Waals surface area contributed by atoms with E-state index < -0.39 is 0 Å². The molecule has 0 spiro atoms.